The molecule has 0 radical (unpaired) electrons. The van der Waals surface area contributed by atoms with Gasteiger partial charge in [0.1, 0.15) is 11.6 Å². The Labute approximate surface area is 126 Å². The Kier molecular flexibility index (Phi) is 4.59. The molecule has 21 heavy (non-hydrogen) atoms. The van der Waals surface area contributed by atoms with Gasteiger partial charge in [-0.1, -0.05) is 11.6 Å². The van der Waals surface area contributed by atoms with Crippen molar-refractivity contribution in [1.82, 2.24) is 4.98 Å². The summed E-state index contributed by atoms with van der Waals surface area (Å²) < 4.78 is 5.54. The van der Waals surface area contributed by atoms with Crippen molar-refractivity contribution in [2.75, 3.05) is 11.9 Å². The minimum absolute atomic E-state index is 0.0554. The number of benzene rings is 1. The number of nitro groups is 1. The van der Waals surface area contributed by atoms with E-state index in [2.05, 4.69) is 10.3 Å². The van der Waals surface area contributed by atoms with Crippen LogP contribution in [0.15, 0.2) is 30.3 Å². The molecule has 0 saturated heterocycles. The van der Waals surface area contributed by atoms with Crippen molar-refractivity contribution in [2.45, 2.75) is 13.8 Å². The first-order valence-corrected chi connectivity index (χ1v) is 6.72. The van der Waals surface area contributed by atoms with Gasteiger partial charge in [-0.05, 0) is 43.7 Å². The molecule has 0 aliphatic heterocycles. The van der Waals surface area contributed by atoms with Crippen LogP contribution < -0.4 is 10.1 Å². The Morgan fingerprint density at radius 1 is 1.38 bits per heavy atom. The molecule has 0 saturated carbocycles. The first kappa shape index (κ1) is 15.1. The summed E-state index contributed by atoms with van der Waals surface area (Å²) in [4.78, 5) is 14.6. The van der Waals surface area contributed by atoms with E-state index in [1.807, 2.05) is 13.8 Å². The van der Waals surface area contributed by atoms with Crippen molar-refractivity contribution in [1.29, 1.82) is 0 Å². The first-order chi connectivity index (χ1) is 10.0. The van der Waals surface area contributed by atoms with E-state index in [0.717, 1.165) is 5.56 Å². The Morgan fingerprint density at radius 3 is 2.76 bits per heavy atom. The highest BCUT2D eigenvalue weighted by molar-refractivity contribution is 6.31. The molecule has 0 aliphatic rings. The molecule has 6 nitrogen and oxygen atoms in total. The number of hydrogen-bond donors (Lipinski definition) is 1. The lowest BCUT2D eigenvalue weighted by Gasteiger charge is -2.09. The van der Waals surface area contributed by atoms with Crippen LogP contribution in [0.1, 0.15) is 12.5 Å². The normalized spacial score (nSPS) is 10.2. The molecule has 0 amide bonds. The summed E-state index contributed by atoms with van der Waals surface area (Å²) in [5.41, 5.74) is 0.629. The molecule has 1 N–H and O–H groups in total. The van der Waals surface area contributed by atoms with Crippen LogP contribution in [-0.2, 0) is 0 Å². The lowest BCUT2D eigenvalue weighted by Crippen LogP contribution is -2.02. The molecule has 0 aliphatic carbocycles. The SMILES string of the molecule is CCNc1ccc([N+](=O)[O-])c(Oc2ccc(Cl)c(C)c2)n1. The zero-order valence-corrected chi connectivity index (χ0v) is 12.3. The second kappa shape index (κ2) is 6.41. The predicted octanol–water partition coefficient (Wildman–Crippen LogP) is 4.18. The molecule has 7 heteroatoms. The number of hydrogen-bond acceptors (Lipinski definition) is 5. The topological polar surface area (TPSA) is 77.3 Å². The highest BCUT2D eigenvalue weighted by Gasteiger charge is 2.18. The summed E-state index contributed by atoms with van der Waals surface area (Å²) in [6, 6.07) is 7.92. The molecule has 0 spiro atoms. The Balaban J connectivity index is 2.37. The summed E-state index contributed by atoms with van der Waals surface area (Å²) >= 11 is 5.94. The molecule has 0 atom stereocenters. The van der Waals surface area contributed by atoms with Crippen LogP contribution in [0.5, 0.6) is 11.6 Å². The van der Waals surface area contributed by atoms with Crippen LogP contribution >= 0.6 is 11.6 Å². The molecule has 2 aromatic rings. The maximum Gasteiger partial charge on any atom is 0.331 e. The van der Waals surface area contributed by atoms with Gasteiger partial charge in [0.25, 0.3) is 0 Å². The second-order valence-corrected chi connectivity index (χ2v) is 4.73. The van der Waals surface area contributed by atoms with E-state index in [1.165, 1.54) is 6.07 Å². The maximum atomic E-state index is 11.0. The van der Waals surface area contributed by atoms with Crippen LogP contribution in [0.3, 0.4) is 0 Å². The molecule has 1 aromatic heterocycles. The molecule has 1 heterocycles. The van der Waals surface area contributed by atoms with Crippen molar-refractivity contribution >= 4 is 23.1 Å². The van der Waals surface area contributed by atoms with E-state index >= 15 is 0 Å². The number of rotatable bonds is 5. The number of halogens is 1. The number of pyridine rings is 1. The van der Waals surface area contributed by atoms with Crippen molar-refractivity contribution < 1.29 is 9.66 Å². The summed E-state index contributed by atoms with van der Waals surface area (Å²) in [5.74, 6) is 0.908. The summed E-state index contributed by atoms with van der Waals surface area (Å²) in [7, 11) is 0. The van der Waals surface area contributed by atoms with E-state index in [4.69, 9.17) is 16.3 Å². The lowest BCUT2D eigenvalue weighted by molar-refractivity contribution is -0.386. The smallest absolute Gasteiger partial charge is 0.331 e. The molecular formula is C14H14ClN3O3. The van der Waals surface area contributed by atoms with Crippen LogP contribution in [0.2, 0.25) is 5.02 Å². The van der Waals surface area contributed by atoms with Crippen LogP contribution in [0.4, 0.5) is 11.5 Å². The van der Waals surface area contributed by atoms with Crippen LogP contribution in [-0.4, -0.2) is 16.5 Å². The van der Waals surface area contributed by atoms with Gasteiger partial charge >= 0.3 is 11.6 Å². The molecule has 0 bridgehead atoms. The zero-order valence-electron chi connectivity index (χ0n) is 11.6. The van der Waals surface area contributed by atoms with Crippen LogP contribution in [0.25, 0.3) is 0 Å². The third-order valence-electron chi connectivity index (χ3n) is 2.74. The van der Waals surface area contributed by atoms with Crippen molar-refractivity contribution in [3.63, 3.8) is 0 Å². The first-order valence-electron chi connectivity index (χ1n) is 6.34. The molecular weight excluding hydrogens is 294 g/mol. The van der Waals surface area contributed by atoms with Crippen molar-refractivity contribution in [2.24, 2.45) is 0 Å². The summed E-state index contributed by atoms with van der Waals surface area (Å²) in [6.45, 7) is 4.39. The van der Waals surface area contributed by atoms with Gasteiger partial charge in [-0.15, -0.1) is 0 Å². The third kappa shape index (κ3) is 3.61. The Hall–Kier alpha value is -2.34. The average Bonchev–Trinajstić information content (AvgIpc) is 2.43. The zero-order chi connectivity index (χ0) is 15.4. The van der Waals surface area contributed by atoms with Crippen molar-refractivity contribution in [3.05, 3.63) is 51.0 Å². The van der Waals surface area contributed by atoms with E-state index < -0.39 is 4.92 Å². The molecule has 2 rings (SSSR count). The fraction of sp³-hybridized carbons (Fsp3) is 0.214. The van der Waals surface area contributed by atoms with E-state index in [1.54, 1.807) is 24.3 Å². The Morgan fingerprint density at radius 2 is 2.14 bits per heavy atom. The van der Waals surface area contributed by atoms with E-state index in [0.29, 0.717) is 23.1 Å². The third-order valence-corrected chi connectivity index (χ3v) is 3.16. The van der Waals surface area contributed by atoms with Crippen LogP contribution in [0, 0.1) is 17.0 Å². The van der Waals surface area contributed by atoms with E-state index in [9.17, 15) is 10.1 Å². The summed E-state index contributed by atoms with van der Waals surface area (Å²) in [6.07, 6.45) is 0. The standard InChI is InChI=1S/C14H14ClN3O3/c1-3-16-13-7-6-12(18(19)20)14(17-13)21-10-4-5-11(15)9(2)8-10/h4-8H,3H2,1-2H3,(H,16,17). The van der Waals surface area contributed by atoms with Gasteiger partial charge in [0, 0.05) is 17.6 Å². The number of nitrogens with zero attached hydrogens (tertiary/aromatic N) is 2. The lowest BCUT2D eigenvalue weighted by atomic mass is 10.2. The van der Waals surface area contributed by atoms with E-state index in [-0.39, 0.29) is 11.6 Å². The molecule has 1 aromatic carbocycles. The highest BCUT2D eigenvalue weighted by Crippen LogP contribution is 2.32. The van der Waals surface area contributed by atoms with Gasteiger partial charge in [0.2, 0.25) is 0 Å². The van der Waals surface area contributed by atoms with Gasteiger partial charge in [-0.3, -0.25) is 10.1 Å². The number of nitrogens with one attached hydrogen (secondary N) is 1. The number of ether oxygens (including phenoxy) is 1. The quantitative estimate of drug-likeness (QED) is 0.662. The molecule has 110 valence electrons. The maximum absolute atomic E-state index is 11.0. The minimum Gasteiger partial charge on any atom is -0.434 e. The van der Waals surface area contributed by atoms with Crippen molar-refractivity contribution in [3.8, 4) is 11.6 Å². The fourth-order valence-electron chi connectivity index (χ4n) is 1.72. The average molecular weight is 308 g/mol. The monoisotopic (exact) mass is 307 g/mol. The largest absolute Gasteiger partial charge is 0.434 e. The van der Waals surface area contributed by atoms with Gasteiger partial charge in [0.15, 0.2) is 0 Å². The second-order valence-electron chi connectivity index (χ2n) is 4.32. The number of anilines is 1. The number of aromatic nitrogens is 1. The van der Waals surface area contributed by atoms with Gasteiger partial charge in [-0.2, -0.15) is 4.98 Å². The predicted molar refractivity (Wildman–Crippen MR) is 81.3 cm³/mol. The van der Waals surface area contributed by atoms with Gasteiger partial charge < -0.3 is 10.1 Å². The Bertz CT molecular complexity index is 677. The molecule has 0 fully saturated rings. The van der Waals surface area contributed by atoms with Gasteiger partial charge in [-0.25, -0.2) is 0 Å². The minimum atomic E-state index is -0.527. The highest BCUT2D eigenvalue weighted by atomic mass is 35.5. The number of aryl methyl sites for hydroxylation is 1. The molecule has 0 unspecified atom stereocenters. The summed E-state index contributed by atoms with van der Waals surface area (Å²) in [5, 5.41) is 14.6. The van der Waals surface area contributed by atoms with Gasteiger partial charge in [0.05, 0.1) is 4.92 Å². The fourth-order valence-corrected chi connectivity index (χ4v) is 1.84.